The number of ketones is 1. The van der Waals surface area contributed by atoms with Crippen LogP contribution in [0.4, 0.5) is 0 Å². The molecule has 0 radical (unpaired) electrons. The van der Waals surface area contributed by atoms with Crippen molar-refractivity contribution in [3.63, 3.8) is 0 Å². The van der Waals surface area contributed by atoms with Gasteiger partial charge in [0.15, 0.2) is 11.9 Å². The molecule has 0 heterocycles. The maximum atomic E-state index is 12.3. The van der Waals surface area contributed by atoms with Crippen LogP contribution in [0.25, 0.3) is 0 Å². The topological polar surface area (TPSA) is 95.7 Å². The van der Waals surface area contributed by atoms with Crippen molar-refractivity contribution in [2.24, 2.45) is 17.6 Å². The summed E-state index contributed by atoms with van der Waals surface area (Å²) in [5.41, 5.74) is 6.62. The lowest BCUT2D eigenvalue weighted by Crippen LogP contribution is -2.28. The summed E-state index contributed by atoms with van der Waals surface area (Å²) in [6, 6.07) is 7.13. The van der Waals surface area contributed by atoms with E-state index in [1.165, 1.54) is 6.92 Å². The number of rotatable bonds is 8. The minimum absolute atomic E-state index is 0.0505. The minimum atomic E-state index is -0.709. The fourth-order valence-corrected chi connectivity index (χ4v) is 3.14. The van der Waals surface area contributed by atoms with E-state index in [9.17, 15) is 14.4 Å². The first kappa shape index (κ1) is 21.1. The van der Waals surface area contributed by atoms with Gasteiger partial charge in [0.1, 0.15) is 5.75 Å². The van der Waals surface area contributed by atoms with E-state index in [1.54, 1.807) is 19.1 Å². The molecule has 1 fully saturated rings. The Bertz CT molecular complexity index is 647. The van der Waals surface area contributed by atoms with E-state index in [4.69, 9.17) is 15.2 Å². The van der Waals surface area contributed by atoms with Crippen molar-refractivity contribution in [3.8, 4) is 5.75 Å². The summed E-state index contributed by atoms with van der Waals surface area (Å²) >= 11 is 0. The van der Waals surface area contributed by atoms with Gasteiger partial charge in [-0.25, -0.2) is 0 Å². The highest BCUT2D eigenvalue weighted by Gasteiger charge is 2.27. The normalized spacial score (nSPS) is 20.6. The Kier molecular flexibility index (Phi) is 7.98. The molecule has 1 atom stereocenters. The van der Waals surface area contributed by atoms with E-state index in [2.05, 4.69) is 0 Å². The fraction of sp³-hybridized carbons (Fsp3) is 0.571. The number of hydrogen-bond acceptors (Lipinski definition) is 6. The predicted octanol–water partition coefficient (Wildman–Crippen LogP) is 2.81. The summed E-state index contributed by atoms with van der Waals surface area (Å²) in [5, 5.41) is 0. The molecule has 0 amide bonds. The number of hydrogen-bond donors (Lipinski definition) is 1. The van der Waals surface area contributed by atoms with Gasteiger partial charge in [-0.3, -0.25) is 14.4 Å². The van der Waals surface area contributed by atoms with Crippen LogP contribution in [0.15, 0.2) is 24.3 Å². The highest BCUT2D eigenvalue weighted by molar-refractivity contribution is 5.83. The molecule has 6 heteroatoms. The summed E-state index contributed by atoms with van der Waals surface area (Å²) < 4.78 is 10.5. The van der Waals surface area contributed by atoms with Crippen LogP contribution in [-0.4, -0.2) is 30.4 Å². The summed E-state index contributed by atoms with van der Waals surface area (Å²) in [6.07, 6.45) is 3.61. The van der Waals surface area contributed by atoms with Crippen molar-refractivity contribution in [2.75, 3.05) is 6.54 Å². The van der Waals surface area contributed by atoms with Crippen LogP contribution in [0.3, 0.4) is 0 Å². The molecule has 1 aromatic carbocycles. The molecule has 148 valence electrons. The van der Waals surface area contributed by atoms with Crippen molar-refractivity contribution in [1.29, 1.82) is 0 Å². The highest BCUT2D eigenvalue weighted by atomic mass is 16.5. The monoisotopic (exact) mass is 375 g/mol. The number of nitrogens with two attached hydrogens (primary N) is 1. The molecule has 1 unspecified atom stereocenters. The number of esters is 2. The largest absolute Gasteiger partial charge is 0.455 e. The van der Waals surface area contributed by atoms with Gasteiger partial charge in [-0.2, -0.15) is 0 Å². The third-order valence-electron chi connectivity index (χ3n) is 5.15. The zero-order valence-electron chi connectivity index (χ0n) is 16.1. The third kappa shape index (κ3) is 6.79. The second-order valence-electron chi connectivity index (χ2n) is 7.26. The van der Waals surface area contributed by atoms with Crippen LogP contribution < -0.4 is 10.5 Å². The van der Waals surface area contributed by atoms with Crippen LogP contribution in [0, 0.1) is 11.8 Å². The van der Waals surface area contributed by atoms with Crippen LogP contribution in [-0.2, 0) is 25.5 Å². The van der Waals surface area contributed by atoms with Crippen molar-refractivity contribution >= 4 is 17.7 Å². The first-order valence-electron chi connectivity index (χ1n) is 9.59. The Morgan fingerprint density at radius 2 is 1.74 bits per heavy atom. The molecule has 0 spiro atoms. The summed E-state index contributed by atoms with van der Waals surface area (Å²) in [5.74, 6) is 0.230. The second kappa shape index (κ2) is 10.2. The second-order valence-corrected chi connectivity index (χ2v) is 7.26. The van der Waals surface area contributed by atoms with Gasteiger partial charge in [0.05, 0.1) is 5.92 Å². The molecule has 0 bridgehead atoms. The number of benzene rings is 1. The zero-order chi connectivity index (χ0) is 19.8. The Labute approximate surface area is 160 Å². The molecule has 0 aliphatic heterocycles. The molecule has 1 saturated carbocycles. The van der Waals surface area contributed by atoms with Crippen LogP contribution in [0.1, 0.15) is 51.5 Å². The first-order chi connectivity index (χ1) is 12.9. The Morgan fingerprint density at radius 3 is 2.30 bits per heavy atom. The van der Waals surface area contributed by atoms with Gasteiger partial charge < -0.3 is 15.2 Å². The van der Waals surface area contributed by atoms with E-state index in [1.807, 2.05) is 12.1 Å². The number of carbonyl (C=O) groups is 3. The van der Waals surface area contributed by atoms with Crippen LogP contribution in [0.5, 0.6) is 5.75 Å². The average Bonchev–Trinajstić information content (AvgIpc) is 2.67. The van der Waals surface area contributed by atoms with Gasteiger partial charge in [-0.05, 0) is 76.1 Å². The van der Waals surface area contributed by atoms with Crippen molar-refractivity contribution in [3.05, 3.63) is 29.8 Å². The molecular weight excluding hydrogens is 346 g/mol. The van der Waals surface area contributed by atoms with Crippen LogP contribution >= 0.6 is 0 Å². The minimum Gasteiger partial charge on any atom is -0.455 e. The lowest BCUT2D eigenvalue weighted by Gasteiger charge is -2.26. The SMILES string of the molecule is CC(=O)C(C)OC(=O)CCc1ccc(OC(=O)[C@H]2CC[C@H](CN)CC2)cc1. The maximum absolute atomic E-state index is 12.3. The van der Waals surface area contributed by atoms with E-state index in [-0.39, 0.29) is 24.1 Å². The van der Waals surface area contributed by atoms with Crippen molar-refractivity contribution < 1.29 is 23.9 Å². The smallest absolute Gasteiger partial charge is 0.314 e. The molecule has 2 N–H and O–H groups in total. The Morgan fingerprint density at radius 1 is 1.11 bits per heavy atom. The molecule has 1 aromatic rings. The molecule has 6 nitrogen and oxygen atoms in total. The van der Waals surface area contributed by atoms with E-state index in [0.717, 1.165) is 31.2 Å². The van der Waals surface area contributed by atoms with Gasteiger partial charge in [-0.1, -0.05) is 12.1 Å². The van der Waals surface area contributed by atoms with Gasteiger partial charge in [0.25, 0.3) is 0 Å². The van der Waals surface area contributed by atoms with Gasteiger partial charge in [0.2, 0.25) is 0 Å². The molecular formula is C21H29NO5. The Balaban J connectivity index is 1.77. The molecule has 1 aliphatic rings. The quantitative estimate of drug-likeness (QED) is 0.554. The third-order valence-corrected chi connectivity index (χ3v) is 5.15. The highest BCUT2D eigenvalue weighted by Crippen LogP contribution is 2.29. The van der Waals surface area contributed by atoms with E-state index >= 15 is 0 Å². The summed E-state index contributed by atoms with van der Waals surface area (Å²) in [4.78, 5) is 35.1. The van der Waals surface area contributed by atoms with Crippen molar-refractivity contribution in [1.82, 2.24) is 0 Å². The molecule has 2 rings (SSSR count). The lowest BCUT2D eigenvalue weighted by atomic mass is 9.82. The van der Waals surface area contributed by atoms with Gasteiger partial charge >= 0.3 is 11.9 Å². The number of ether oxygens (including phenoxy) is 2. The summed E-state index contributed by atoms with van der Waals surface area (Å²) in [6.45, 7) is 3.64. The van der Waals surface area contributed by atoms with E-state index in [0.29, 0.717) is 24.6 Å². The molecule has 0 saturated heterocycles. The van der Waals surface area contributed by atoms with Gasteiger partial charge in [0, 0.05) is 6.42 Å². The first-order valence-corrected chi connectivity index (χ1v) is 9.59. The zero-order valence-corrected chi connectivity index (χ0v) is 16.1. The molecule has 27 heavy (non-hydrogen) atoms. The lowest BCUT2D eigenvalue weighted by molar-refractivity contribution is -0.153. The fourth-order valence-electron chi connectivity index (χ4n) is 3.14. The Hall–Kier alpha value is -2.21. The number of carbonyl (C=O) groups excluding carboxylic acids is 3. The summed E-state index contributed by atoms with van der Waals surface area (Å²) in [7, 11) is 0. The average molecular weight is 375 g/mol. The maximum Gasteiger partial charge on any atom is 0.314 e. The van der Waals surface area contributed by atoms with Crippen LogP contribution in [0.2, 0.25) is 0 Å². The number of Topliss-reactive ketones (excluding diaryl/α,β-unsaturated/α-hetero) is 1. The predicted molar refractivity (Wildman–Crippen MR) is 101 cm³/mol. The van der Waals surface area contributed by atoms with Crippen molar-refractivity contribution in [2.45, 2.75) is 58.5 Å². The standard InChI is InChI=1S/C21H29NO5/c1-14(23)15(2)26-20(24)12-7-16-5-10-19(11-6-16)27-21(25)18-8-3-17(13-22)4-9-18/h5-6,10-11,15,17-18H,3-4,7-9,12-13,22H2,1-2H3/t15?,17-,18-. The molecule has 1 aliphatic carbocycles. The van der Waals surface area contributed by atoms with E-state index < -0.39 is 12.1 Å². The number of aryl methyl sites for hydroxylation is 1. The van der Waals surface area contributed by atoms with Gasteiger partial charge in [-0.15, -0.1) is 0 Å². The molecule has 0 aromatic heterocycles.